The van der Waals surface area contributed by atoms with Gasteiger partial charge in [0.15, 0.2) is 11.6 Å². The standard InChI is InChI=1S/C23H19F2N3O4/c1-23(16-7-8-18(24)19(25)11-16)21(30)28(22(31)27-23)13-14-4-2-5-15(10-14)20(29)26-12-17-6-3-9-32-17/h2-11H,12-13H2,1H3,(H,26,29)(H,27,31). The van der Waals surface area contributed by atoms with Crippen molar-refractivity contribution in [3.8, 4) is 0 Å². The molecule has 0 spiro atoms. The summed E-state index contributed by atoms with van der Waals surface area (Å²) < 4.78 is 32.2. The zero-order chi connectivity index (χ0) is 22.9. The quantitative estimate of drug-likeness (QED) is 0.576. The third-order valence-corrected chi connectivity index (χ3v) is 5.31. The molecule has 2 N–H and O–H groups in total. The smallest absolute Gasteiger partial charge is 0.325 e. The zero-order valence-corrected chi connectivity index (χ0v) is 17.0. The van der Waals surface area contributed by atoms with Gasteiger partial charge in [0.2, 0.25) is 0 Å². The monoisotopic (exact) mass is 439 g/mol. The fourth-order valence-electron chi connectivity index (χ4n) is 3.52. The van der Waals surface area contributed by atoms with Gasteiger partial charge in [-0.3, -0.25) is 14.5 Å². The molecule has 2 heterocycles. The van der Waals surface area contributed by atoms with E-state index in [4.69, 9.17) is 4.42 Å². The number of urea groups is 1. The van der Waals surface area contributed by atoms with Crippen molar-refractivity contribution in [2.24, 2.45) is 0 Å². The van der Waals surface area contributed by atoms with Crippen molar-refractivity contribution in [1.82, 2.24) is 15.5 Å². The van der Waals surface area contributed by atoms with Gasteiger partial charge in [0.1, 0.15) is 11.3 Å². The highest BCUT2D eigenvalue weighted by molar-refractivity contribution is 6.07. The number of furan rings is 1. The average Bonchev–Trinajstić information content (AvgIpc) is 3.37. The summed E-state index contributed by atoms with van der Waals surface area (Å²) in [6.07, 6.45) is 1.51. The number of nitrogens with zero attached hydrogens (tertiary/aromatic N) is 1. The number of hydrogen-bond acceptors (Lipinski definition) is 4. The van der Waals surface area contributed by atoms with E-state index in [2.05, 4.69) is 10.6 Å². The molecule has 0 aliphatic carbocycles. The molecule has 3 aromatic rings. The maximum atomic E-state index is 13.7. The van der Waals surface area contributed by atoms with Gasteiger partial charge in [0, 0.05) is 5.56 Å². The predicted octanol–water partition coefficient (Wildman–Crippen LogP) is 3.46. The summed E-state index contributed by atoms with van der Waals surface area (Å²) in [5, 5.41) is 5.27. The largest absolute Gasteiger partial charge is 0.467 e. The van der Waals surface area contributed by atoms with E-state index in [1.54, 1.807) is 36.4 Å². The number of carbonyl (C=O) groups excluding carboxylic acids is 3. The lowest BCUT2D eigenvalue weighted by atomic mass is 9.92. The third kappa shape index (κ3) is 3.96. The van der Waals surface area contributed by atoms with E-state index < -0.39 is 29.1 Å². The van der Waals surface area contributed by atoms with Crippen molar-refractivity contribution in [1.29, 1.82) is 0 Å². The molecule has 1 aliphatic rings. The lowest BCUT2D eigenvalue weighted by Crippen LogP contribution is -2.41. The summed E-state index contributed by atoms with van der Waals surface area (Å²) in [6.45, 7) is 1.55. The van der Waals surface area contributed by atoms with Crippen molar-refractivity contribution in [2.75, 3.05) is 0 Å². The first-order valence-corrected chi connectivity index (χ1v) is 9.77. The molecule has 1 unspecified atom stereocenters. The van der Waals surface area contributed by atoms with Crippen molar-refractivity contribution >= 4 is 17.8 Å². The number of halogens is 2. The molecule has 1 aromatic heterocycles. The molecule has 32 heavy (non-hydrogen) atoms. The molecule has 1 saturated heterocycles. The van der Waals surface area contributed by atoms with E-state index in [-0.39, 0.29) is 24.6 Å². The van der Waals surface area contributed by atoms with E-state index in [1.165, 1.54) is 19.3 Å². The zero-order valence-electron chi connectivity index (χ0n) is 17.0. The normalized spacial score (nSPS) is 18.0. The highest BCUT2D eigenvalue weighted by Gasteiger charge is 2.49. The number of benzene rings is 2. The fraction of sp³-hybridized carbons (Fsp3) is 0.174. The number of amides is 4. The van der Waals surface area contributed by atoms with E-state index in [9.17, 15) is 23.2 Å². The molecule has 1 aliphatic heterocycles. The summed E-state index contributed by atoms with van der Waals surface area (Å²) in [4.78, 5) is 38.9. The van der Waals surface area contributed by atoms with Crippen molar-refractivity contribution in [3.63, 3.8) is 0 Å². The highest BCUT2D eigenvalue weighted by atomic mass is 19.2. The number of imide groups is 1. The molecule has 0 saturated carbocycles. The molecule has 1 atom stereocenters. The van der Waals surface area contributed by atoms with E-state index in [1.807, 2.05) is 0 Å². The minimum atomic E-state index is -1.54. The van der Waals surface area contributed by atoms with Gasteiger partial charge >= 0.3 is 6.03 Å². The first kappa shape index (κ1) is 21.2. The second-order valence-corrected chi connectivity index (χ2v) is 7.54. The molecule has 9 heteroatoms. The maximum absolute atomic E-state index is 13.7. The summed E-state index contributed by atoms with van der Waals surface area (Å²) in [6, 6.07) is 12.3. The molecule has 7 nitrogen and oxygen atoms in total. The SMILES string of the molecule is CC1(c2ccc(F)c(F)c2)NC(=O)N(Cc2cccc(C(=O)NCc3ccco3)c2)C1=O. The number of nitrogens with one attached hydrogen (secondary N) is 2. The Bertz CT molecular complexity index is 1200. The molecule has 0 radical (unpaired) electrons. The number of carbonyl (C=O) groups is 3. The Kier molecular flexibility index (Phi) is 5.48. The Hall–Kier alpha value is -4.01. The number of rotatable bonds is 6. The lowest BCUT2D eigenvalue weighted by Gasteiger charge is -2.22. The van der Waals surface area contributed by atoms with E-state index >= 15 is 0 Å². The van der Waals surface area contributed by atoms with Crippen molar-refractivity contribution < 1.29 is 27.6 Å². The number of hydrogen-bond donors (Lipinski definition) is 2. The van der Waals surface area contributed by atoms with Crippen LogP contribution < -0.4 is 10.6 Å². The Morgan fingerprint density at radius 1 is 1.09 bits per heavy atom. The first-order chi connectivity index (χ1) is 15.3. The van der Waals surface area contributed by atoms with Crippen molar-refractivity contribution in [3.05, 3.63) is 94.9 Å². The van der Waals surface area contributed by atoms with Crippen LogP contribution in [-0.4, -0.2) is 22.7 Å². The Morgan fingerprint density at radius 3 is 2.62 bits per heavy atom. The van der Waals surface area contributed by atoms with Crippen LogP contribution in [0, 0.1) is 11.6 Å². The molecular weight excluding hydrogens is 420 g/mol. The topological polar surface area (TPSA) is 91.7 Å². The summed E-state index contributed by atoms with van der Waals surface area (Å²) >= 11 is 0. The average molecular weight is 439 g/mol. The Balaban J connectivity index is 1.49. The van der Waals surface area contributed by atoms with Crippen molar-refractivity contribution in [2.45, 2.75) is 25.6 Å². The van der Waals surface area contributed by atoms with Crippen LogP contribution in [0.3, 0.4) is 0 Å². The molecule has 4 amide bonds. The Morgan fingerprint density at radius 2 is 1.91 bits per heavy atom. The van der Waals surface area contributed by atoms with E-state index in [0.717, 1.165) is 17.0 Å². The second kappa shape index (κ2) is 8.26. The van der Waals surface area contributed by atoms with Gasteiger partial charge in [-0.05, 0) is 54.4 Å². The summed E-state index contributed by atoms with van der Waals surface area (Å²) in [7, 11) is 0. The fourth-order valence-corrected chi connectivity index (χ4v) is 3.52. The van der Waals surface area contributed by atoms with Gasteiger partial charge < -0.3 is 15.1 Å². The molecule has 2 aromatic carbocycles. The van der Waals surface area contributed by atoms with Crippen LogP contribution in [0.1, 0.15) is 34.2 Å². The van der Waals surface area contributed by atoms with Gasteiger partial charge in [-0.1, -0.05) is 18.2 Å². The van der Waals surface area contributed by atoms with Crippen LogP contribution in [0.5, 0.6) is 0 Å². The van der Waals surface area contributed by atoms with Gasteiger partial charge in [0.25, 0.3) is 11.8 Å². The van der Waals surface area contributed by atoms with Crippen LogP contribution in [0.25, 0.3) is 0 Å². The van der Waals surface area contributed by atoms with Gasteiger partial charge in [-0.25, -0.2) is 13.6 Å². The van der Waals surface area contributed by atoms with Crippen LogP contribution in [0.2, 0.25) is 0 Å². The minimum Gasteiger partial charge on any atom is -0.467 e. The predicted molar refractivity (Wildman–Crippen MR) is 109 cm³/mol. The van der Waals surface area contributed by atoms with E-state index in [0.29, 0.717) is 16.9 Å². The summed E-state index contributed by atoms with van der Waals surface area (Å²) in [5.41, 5.74) is -0.509. The van der Waals surface area contributed by atoms with Gasteiger partial charge in [-0.15, -0.1) is 0 Å². The Labute approximate surface area is 182 Å². The third-order valence-electron chi connectivity index (χ3n) is 5.31. The van der Waals surface area contributed by atoms with Crippen LogP contribution in [-0.2, 0) is 23.4 Å². The van der Waals surface area contributed by atoms with Crippen LogP contribution in [0.4, 0.5) is 13.6 Å². The second-order valence-electron chi connectivity index (χ2n) is 7.54. The van der Waals surface area contributed by atoms with Crippen LogP contribution in [0.15, 0.2) is 65.3 Å². The molecular formula is C23H19F2N3O4. The first-order valence-electron chi connectivity index (χ1n) is 9.77. The molecule has 0 bridgehead atoms. The van der Waals surface area contributed by atoms with Crippen LogP contribution >= 0.6 is 0 Å². The molecule has 1 fully saturated rings. The van der Waals surface area contributed by atoms with Gasteiger partial charge in [-0.2, -0.15) is 0 Å². The summed E-state index contributed by atoms with van der Waals surface area (Å²) in [5.74, 6) is -2.51. The minimum absolute atomic E-state index is 0.0940. The highest BCUT2D eigenvalue weighted by Crippen LogP contribution is 2.30. The molecule has 164 valence electrons. The molecule has 4 rings (SSSR count). The lowest BCUT2D eigenvalue weighted by molar-refractivity contribution is -0.131. The maximum Gasteiger partial charge on any atom is 0.325 e. The van der Waals surface area contributed by atoms with Gasteiger partial charge in [0.05, 0.1) is 19.4 Å².